The lowest BCUT2D eigenvalue weighted by Gasteiger charge is -2.15. The van der Waals surface area contributed by atoms with Crippen LogP contribution in [-0.4, -0.2) is 17.7 Å². The molecule has 1 heterocycles. The van der Waals surface area contributed by atoms with Crippen LogP contribution in [-0.2, 0) is 0 Å². The van der Waals surface area contributed by atoms with Gasteiger partial charge in [0.25, 0.3) is 0 Å². The second-order valence-electron chi connectivity index (χ2n) is 5.42. The van der Waals surface area contributed by atoms with Crippen molar-refractivity contribution in [2.24, 2.45) is 0 Å². The van der Waals surface area contributed by atoms with E-state index in [2.05, 4.69) is 4.98 Å². The zero-order valence-corrected chi connectivity index (χ0v) is 14.5. The Hall–Kier alpha value is -2.72. The highest BCUT2D eigenvalue weighted by Gasteiger charge is 2.09. The van der Waals surface area contributed by atoms with E-state index < -0.39 is 0 Å². The molecule has 1 atom stereocenters. The second-order valence-corrected chi connectivity index (χ2v) is 5.82. The number of aromatic nitrogens is 1. The number of benzene rings is 2. The van der Waals surface area contributed by atoms with Gasteiger partial charge in [-0.3, -0.25) is 0 Å². The molecule has 1 aromatic heterocycles. The highest BCUT2D eigenvalue weighted by atomic mass is 35.5. The lowest BCUT2D eigenvalue weighted by Crippen LogP contribution is -2.21. The zero-order valence-electron chi connectivity index (χ0n) is 13.8. The van der Waals surface area contributed by atoms with Crippen molar-refractivity contribution >= 4 is 11.6 Å². The number of hydrogen-bond acceptors (Lipinski definition) is 4. The van der Waals surface area contributed by atoms with Crippen LogP contribution in [0.25, 0.3) is 0 Å². The van der Waals surface area contributed by atoms with Gasteiger partial charge in [0, 0.05) is 6.20 Å². The van der Waals surface area contributed by atoms with Gasteiger partial charge in [-0.05, 0) is 55.5 Å². The monoisotopic (exact) mass is 355 g/mol. The van der Waals surface area contributed by atoms with Crippen molar-refractivity contribution in [2.75, 3.05) is 6.61 Å². The minimum atomic E-state index is -0.187. The van der Waals surface area contributed by atoms with E-state index in [4.69, 9.17) is 25.8 Å². The van der Waals surface area contributed by atoms with Crippen molar-refractivity contribution in [1.82, 2.24) is 4.98 Å². The molecule has 0 amide bonds. The number of halogens is 1. The van der Waals surface area contributed by atoms with Crippen molar-refractivity contribution in [1.29, 1.82) is 0 Å². The number of ether oxygens (including phenoxy) is 3. The molecule has 0 radical (unpaired) electrons. The van der Waals surface area contributed by atoms with Crippen LogP contribution in [0, 0.1) is 0 Å². The summed E-state index contributed by atoms with van der Waals surface area (Å²) < 4.78 is 17.2. The van der Waals surface area contributed by atoms with Crippen molar-refractivity contribution in [3.63, 3.8) is 0 Å². The van der Waals surface area contributed by atoms with Crippen molar-refractivity contribution < 1.29 is 14.2 Å². The molecule has 128 valence electrons. The molecule has 0 N–H and O–H groups in total. The first-order valence-electron chi connectivity index (χ1n) is 7.93. The van der Waals surface area contributed by atoms with Gasteiger partial charge in [-0.25, -0.2) is 4.98 Å². The predicted octanol–water partition coefficient (Wildman–Crippen LogP) is 5.37. The molecule has 5 heteroatoms. The fourth-order valence-corrected chi connectivity index (χ4v) is 2.29. The number of hydrogen-bond donors (Lipinski definition) is 0. The van der Waals surface area contributed by atoms with Crippen LogP contribution in [0.3, 0.4) is 0 Å². The molecule has 0 spiro atoms. The molecule has 0 saturated heterocycles. The number of pyridine rings is 1. The van der Waals surface area contributed by atoms with E-state index in [0.29, 0.717) is 17.5 Å². The van der Waals surface area contributed by atoms with E-state index in [9.17, 15) is 0 Å². The number of nitrogens with zero attached hydrogens (tertiary/aromatic N) is 1. The molecular weight excluding hydrogens is 338 g/mol. The molecule has 0 bridgehead atoms. The summed E-state index contributed by atoms with van der Waals surface area (Å²) in [5, 5.41) is 0.483. The van der Waals surface area contributed by atoms with Gasteiger partial charge in [0.1, 0.15) is 35.0 Å². The SMILES string of the molecule is CC(COc1ccc(Oc2ccccc2)cc1)Oc1ncccc1Cl. The van der Waals surface area contributed by atoms with Crippen molar-refractivity contribution in [3.8, 4) is 23.1 Å². The summed E-state index contributed by atoms with van der Waals surface area (Å²) in [6, 6.07) is 20.6. The third kappa shape index (κ3) is 5.13. The van der Waals surface area contributed by atoms with E-state index >= 15 is 0 Å². The van der Waals surface area contributed by atoms with Crippen LogP contribution < -0.4 is 14.2 Å². The van der Waals surface area contributed by atoms with Crippen LogP contribution in [0.5, 0.6) is 23.1 Å². The quantitative estimate of drug-likeness (QED) is 0.571. The fourth-order valence-electron chi connectivity index (χ4n) is 2.12. The summed E-state index contributed by atoms with van der Waals surface area (Å²) in [7, 11) is 0. The van der Waals surface area contributed by atoms with Crippen LogP contribution in [0.4, 0.5) is 0 Å². The smallest absolute Gasteiger partial charge is 0.232 e. The summed E-state index contributed by atoms with van der Waals surface area (Å²) in [6.45, 7) is 2.28. The summed E-state index contributed by atoms with van der Waals surface area (Å²) in [6.07, 6.45) is 1.45. The van der Waals surface area contributed by atoms with Gasteiger partial charge >= 0.3 is 0 Å². The van der Waals surface area contributed by atoms with Gasteiger partial charge in [-0.15, -0.1) is 0 Å². The van der Waals surface area contributed by atoms with E-state index in [1.807, 2.05) is 61.5 Å². The standard InChI is InChI=1S/C20H18ClNO3/c1-15(24-20-19(21)8-5-13-22-20)14-23-16-9-11-18(12-10-16)25-17-6-3-2-4-7-17/h2-13,15H,14H2,1H3. The van der Waals surface area contributed by atoms with Crippen molar-refractivity contribution in [3.05, 3.63) is 77.9 Å². The lowest BCUT2D eigenvalue weighted by atomic mass is 10.3. The first-order chi connectivity index (χ1) is 12.2. The summed E-state index contributed by atoms with van der Waals surface area (Å²) in [5.74, 6) is 2.70. The van der Waals surface area contributed by atoms with Crippen LogP contribution in [0.15, 0.2) is 72.9 Å². The third-order valence-corrected chi connectivity index (χ3v) is 3.61. The number of para-hydroxylation sites is 1. The normalized spacial score (nSPS) is 11.6. The Morgan fingerprint density at radius 2 is 1.56 bits per heavy atom. The molecule has 0 saturated carbocycles. The Balaban J connectivity index is 1.51. The Morgan fingerprint density at radius 3 is 2.28 bits per heavy atom. The fraction of sp³-hybridized carbons (Fsp3) is 0.150. The Labute approximate surface area is 152 Å². The largest absolute Gasteiger partial charge is 0.490 e. The molecule has 3 rings (SSSR count). The maximum Gasteiger partial charge on any atom is 0.232 e. The van der Waals surface area contributed by atoms with E-state index in [1.165, 1.54) is 0 Å². The van der Waals surface area contributed by atoms with Gasteiger partial charge < -0.3 is 14.2 Å². The Morgan fingerprint density at radius 1 is 0.880 bits per heavy atom. The molecule has 2 aromatic carbocycles. The Bertz CT molecular complexity index is 794. The van der Waals surface area contributed by atoms with Gasteiger partial charge in [-0.2, -0.15) is 0 Å². The van der Waals surface area contributed by atoms with Crippen LogP contribution in [0.1, 0.15) is 6.92 Å². The summed E-state index contributed by atoms with van der Waals surface area (Å²) in [5.41, 5.74) is 0. The molecule has 0 aliphatic rings. The first kappa shape index (κ1) is 17.1. The number of rotatable bonds is 7. The van der Waals surface area contributed by atoms with Gasteiger partial charge in [0.15, 0.2) is 0 Å². The average Bonchev–Trinajstić information content (AvgIpc) is 2.64. The maximum absolute atomic E-state index is 6.03. The summed E-state index contributed by atoms with van der Waals surface area (Å²) >= 11 is 6.03. The molecular formula is C20H18ClNO3. The zero-order chi connectivity index (χ0) is 17.5. The van der Waals surface area contributed by atoms with Crippen molar-refractivity contribution in [2.45, 2.75) is 13.0 Å². The highest BCUT2D eigenvalue weighted by molar-refractivity contribution is 6.31. The molecule has 0 aliphatic carbocycles. The third-order valence-electron chi connectivity index (χ3n) is 3.32. The summed E-state index contributed by atoms with van der Waals surface area (Å²) in [4.78, 5) is 4.10. The maximum atomic E-state index is 6.03. The molecule has 4 nitrogen and oxygen atoms in total. The van der Waals surface area contributed by atoms with E-state index in [-0.39, 0.29) is 6.10 Å². The van der Waals surface area contributed by atoms with E-state index in [0.717, 1.165) is 17.2 Å². The van der Waals surface area contributed by atoms with Gasteiger partial charge in [-0.1, -0.05) is 29.8 Å². The predicted molar refractivity (Wildman–Crippen MR) is 97.8 cm³/mol. The molecule has 0 fully saturated rings. The highest BCUT2D eigenvalue weighted by Crippen LogP contribution is 2.24. The minimum absolute atomic E-state index is 0.187. The topological polar surface area (TPSA) is 40.6 Å². The molecule has 3 aromatic rings. The first-order valence-corrected chi connectivity index (χ1v) is 8.31. The molecule has 1 unspecified atom stereocenters. The molecule has 0 aliphatic heterocycles. The van der Waals surface area contributed by atoms with Crippen LogP contribution in [0.2, 0.25) is 5.02 Å². The lowest BCUT2D eigenvalue weighted by molar-refractivity contribution is 0.138. The average molecular weight is 356 g/mol. The van der Waals surface area contributed by atoms with E-state index in [1.54, 1.807) is 18.3 Å². The van der Waals surface area contributed by atoms with Gasteiger partial charge in [0.2, 0.25) is 5.88 Å². The minimum Gasteiger partial charge on any atom is -0.490 e. The molecule has 25 heavy (non-hydrogen) atoms. The van der Waals surface area contributed by atoms with Crippen LogP contribution >= 0.6 is 11.6 Å². The van der Waals surface area contributed by atoms with Gasteiger partial charge in [0.05, 0.1) is 0 Å². The second kappa shape index (κ2) is 8.40. The Kier molecular flexibility index (Phi) is 5.75.